The molecule has 0 spiro atoms. The minimum Gasteiger partial charge on any atom is -0.465 e. The number of ether oxygens (including phenoxy) is 1. The number of likely N-dealkylation sites (tertiary alicyclic amines) is 1. The van der Waals surface area contributed by atoms with Gasteiger partial charge < -0.3 is 20.1 Å². The number of aromatic nitrogens is 3. The predicted molar refractivity (Wildman–Crippen MR) is 164 cm³/mol. The van der Waals surface area contributed by atoms with E-state index in [2.05, 4.69) is 20.3 Å². The summed E-state index contributed by atoms with van der Waals surface area (Å²) in [6.45, 7) is -0.287. The number of sulfonamides is 1. The summed E-state index contributed by atoms with van der Waals surface area (Å²) >= 11 is 0. The van der Waals surface area contributed by atoms with E-state index in [0.29, 0.717) is 6.07 Å². The number of nitrogens with one attached hydrogen (secondary N) is 2. The molecule has 1 aliphatic rings. The lowest BCUT2D eigenvalue weighted by molar-refractivity contribution is 0.102. The summed E-state index contributed by atoms with van der Waals surface area (Å²) in [7, 11) is -8.06. The van der Waals surface area contributed by atoms with Crippen LogP contribution in [0.25, 0.3) is 11.3 Å². The van der Waals surface area contributed by atoms with E-state index in [-0.39, 0.29) is 53.1 Å². The van der Waals surface area contributed by atoms with Crippen LogP contribution in [0.15, 0.2) is 65.8 Å². The lowest BCUT2D eigenvalue weighted by Crippen LogP contribution is -2.49. The van der Waals surface area contributed by atoms with Crippen molar-refractivity contribution in [1.82, 2.24) is 19.9 Å². The Kier molecular flexibility index (Phi) is 9.71. The maximum Gasteiger partial charge on any atom is 0.407 e. The number of sulfone groups is 1. The van der Waals surface area contributed by atoms with E-state index in [1.165, 1.54) is 54.9 Å². The highest BCUT2D eigenvalue weighted by molar-refractivity contribution is 7.92. The molecule has 13 nitrogen and oxygen atoms in total. The van der Waals surface area contributed by atoms with Crippen molar-refractivity contribution in [3.05, 3.63) is 83.9 Å². The van der Waals surface area contributed by atoms with Crippen LogP contribution in [0.3, 0.4) is 0 Å². The molecule has 0 saturated carbocycles. The topological polar surface area (TPSA) is 181 Å². The SMILES string of the molecule is CS(=O)(=O)c1ccc(CS(=O)(=O)Nc2c(F)cc(Oc3ncccc3-c3ccnc(N[C@H]4C[C@H](F)CN(C(=O)O)C4)n3)c(F)c2F)cc1. The highest BCUT2D eigenvalue weighted by atomic mass is 32.2. The fraction of sp³-hybridized carbons (Fsp3) is 0.241. The summed E-state index contributed by atoms with van der Waals surface area (Å²) in [5.74, 6) is -7.28. The molecule has 0 aliphatic carbocycles. The predicted octanol–water partition coefficient (Wildman–Crippen LogP) is 4.60. The van der Waals surface area contributed by atoms with Gasteiger partial charge in [-0.1, -0.05) is 12.1 Å². The molecule has 0 radical (unpaired) electrons. The molecule has 4 aromatic rings. The normalized spacial score (nSPS) is 16.7. The summed E-state index contributed by atoms with van der Waals surface area (Å²) in [5.41, 5.74) is -0.947. The molecular formula is C29H26F4N6O7S2. The Morgan fingerprint density at radius 3 is 2.44 bits per heavy atom. The van der Waals surface area contributed by atoms with Gasteiger partial charge in [0.2, 0.25) is 27.7 Å². The molecule has 0 unspecified atom stereocenters. The van der Waals surface area contributed by atoms with Crippen LogP contribution in [0.1, 0.15) is 12.0 Å². The highest BCUT2D eigenvalue weighted by Crippen LogP contribution is 2.36. The molecule has 48 heavy (non-hydrogen) atoms. The Morgan fingerprint density at radius 1 is 1.02 bits per heavy atom. The van der Waals surface area contributed by atoms with Crippen molar-refractivity contribution in [3.8, 4) is 22.9 Å². The molecule has 2 atom stereocenters. The van der Waals surface area contributed by atoms with Gasteiger partial charge in [0.1, 0.15) is 11.9 Å². The second-order valence-corrected chi connectivity index (χ2v) is 14.5. The van der Waals surface area contributed by atoms with Gasteiger partial charge in [-0.2, -0.15) is 4.39 Å². The van der Waals surface area contributed by atoms with Crippen LogP contribution in [0.4, 0.5) is 34.0 Å². The lowest BCUT2D eigenvalue weighted by Gasteiger charge is -2.33. The smallest absolute Gasteiger partial charge is 0.407 e. The van der Waals surface area contributed by atoms with Crippen LogP contribution >= 0.6 is 0 Å². The first-order chi connectivity index (χ1) is 22.6. The van der Waals surface area contributed by atoms with Crippen LogP contribution in [0.5, 0.6) is 11.6 Å². The quantitative estimate of drug-likeness (QED) is 0.155. The Labute approximate surface area is 271 Å². The number of rotatable bonds is 10. The van der Waals surface area contributed by atoms with E-state index < -0.39 is 72.8 Å². The van der Waals surface area contributed by atoms with Gasteiger partial charge in [0.15, 0.2) is 27.2 Å². The molecule has 0 bridgehead atoms. The minimum atomic E-state index is -4.51. The van der Waals surface area contributed by atoms with Gasteiger partial charge in [-0.3, -0.25) is 4.72 Å². The fourth-order valence-electron chi connectivity index (χ4n) is 4.82. The molecule has 5 rings (SSSR count). The lowest BCUT2D eigenvalue weighted by atomic mass is 10.0. The van der Waals surface area contributed by atoms with Crippen molar-refractivity contribution in [2.24, 2.45) is 0 Å². The van der Waals surface area contributed by atoms with Crippen molar-refractivity contribution in [1.29, 1.82) is 0 Å². The molecule has 2 aromatic carbocycles. The molecule has 1 aliphatic heterocycles. The molecule has 2 aromatic heterocycles. The molecule has 19 heteroatoms. The summed E-state index contributed by atoms with van der Waals surface area (Å²) in [5, 5.41) is 12.1. The molecule has 1 fully saturated rings. The third kappa shape index (κ3) is 8.08. The van der Waals surface area contributed by atoms with E-state index in [1.807, 2.05) is 0 Å². The van der Waals surface area contributed by atoms with E-state index >= 15 is 13.2 Å². The Morgan fingerprint density at radius 2 is 1.75 bits per heavy atom. The number of alkyl halides is 1. The largest absolute Gasteiger partial charge is 0.465 e. The number of hydrogen-bond donors (Lipinski definition) is 3. The van der Waals surface area contributed by atoms with Crippen LogP contribution < -0.4 is 14.8 Å². The molecule has 254 valence electrons. The van der Waals surface area contributed by atoms with Crippen LogP contribution in [-0.2, 0) is 25.6 Å². The second kappa shape index (κ2) is 13.6. The van der Waals surface area contributed by atoms with Crippen LogP contribution in [-0.4, -0.2) is 79.4 Å². The number of carboxylic acid groups (broad SMARTS) is 1. The molecule has 1 amide bonds. The van der Waals surface area contributed by atoms with Crippen LogP contribution in [0, 0.1) is 17.5 Å². The molecule has 3 N–H and O–H groups in total. The van der Waals surface area contributed by atoms with Gasteiger partial charge in [-0.05, 0) is 35.9 Å². The van der Waals surface area contributed by atoms with Gasteiger partial charge in [0.05, 0.1) is 28.5 Å². The zero-order valence-corrected chi connectivity index (χ0v) is 26.4. The average Bonchev–Trinajstić information content (AvgIpc) is 3.01. The molecular weight excluding hydrogens is 684 g/mol. The average molecular weight is 711 g/mol. The maximum atomic E-state index is 15.2. The van der Waals surface area contributed by atoms with E-state index in [4.69, 9.17) is 4.74 Å². The first-order valence-electron chi connectivity index (χ1n) is 13.9. The van der Waals surface area contributed by atoms with E-state index in [9.17, 15) is 31.1 Å². The number of nitrogens with zero attached hydrogens (tertiary/aromatic N) is 4. The van der Waals surface area contributed by atoms with Gasteiger partial charge in [-0.15, -0.1) is 0 Å². The number of anilines is 2. The van der Waals surface area contributed by atoms with Crippen molar-refractivity contribution in [3.63, 3.8) is 0 Å². The minimum absolute atomic E-state index is 0.000339. The third-order valence-corrected chi connectivity index (χ3v) is 9.36. The first kappa shape index (κ1) is 34.3. The number of amides is 1. The van der Waals surface area contributed by atoms with Gasteiger partial charge in [-0.25, -0.2) is 49.8 Å². The summed E-state index contributed by atoms with van der Waals surface area (Å²) in [4.78, 5) is 24.6. The monoisotopic (exact) mass is 710 g/mol. The number of benzene rings is 2. The number of carbonyl (C=O) groups is 1. The zero-order valence-electron chi connectivity index (χ0n) is 24.8. The number of pyridine rings is 1. The van der Waals surface area contributed by atoms with Crippen molar-refractivity contribution < 1.29 is 49.0 Å². The summed E-state index contributed by atoms with van der Waals surface area (Å²) in [6.07, 6.45) is 0.853. The van der Waals surface area contributed by atoms with E-state index in [1.54, 1.807) is 4.72 Å². The Bertz CT molecular complexity index is 2070. The van der Waals surface area contributed by atoms with Crippen molar-refractivity contribution in [2.45, 2.75) is 29.3 Å². The standard InChI is InChI=1S/C29H26F4N6O7S2/c1-47(42,43)19-6-4-16(5-7-19)15-48(44,45)38-26-21(31)12-23(24(32)25(26)33)46-27-20(3-2-9-34-27)22-8-10-35-28(37-22)36-18-11-17(30)13-39(14-18)29(40)41/h2-10,12,17-18,38H,11,13-15H2,1H3,(H,40,41)(H,35,36,37)/t17-,18-/m0/s1. The van der Waals surface area contributed by atoms with Crippen molar-refractivity contribution in [2.75, 3.05) is 29.4 Å². The maximum absolute atomic E-state index is 15.2. The summed E-state index contributed by atoms with van der Waals surface area (Å²) in [6, 6.07) is 8.88. The Balaban J connectivity index is 1.35. The second-order valence-electron chi connectivity index (χ2n) is 10.7. The number of halogens is 4. The number of piperidine rings is 1. The highest BCUT2D eigenvalue weighted by Gasteiger charge is 2.30. The molecule has 1 saturated heterocycles. The van der Waals surface area contributed by atoms with Gasteiger partial charge >= 0.3 is 6.09 Å². The van der Waals surface area contributed by atoms with Crippen LogP contribution in [0.2, 0.25) is 0 Å². The fourth-order valence-corrected chi connectivity index (χ4v) is 6.65. The van der Waals surface area contributed by atoms with Gasteiger partial charge in [0, 0.05) is 43.7 Å². The zero-order chi connectivity index (χ0) is 34.8. The first-order valence-corrected chi connectivity index (χ1v) is 17.5. The Hall–Kier alpha value is -5.04. The third-order valence-electron chi connectivity index (χ3n) is 7.00. The number of hydrogen-bond acceptors (Lipinski definition) is 10. The van der Waals surface area contributed by atoms with E-state index in [0.717, 1.165) is 11.2 Å². The van der Waals surface area contributed by atoms with Gasteiger partial charge in [0.25, 0.3) is 0 Å². The molecule has 3 heterocycles. The van der Waals surface area contributed by atoms with Crippen molar-refractivity contribution >= 4 is 37.6 Å². The summed E-state index contributed by atoms with van der Waals surface area (Å²) < 4.78 is 115.